The summed E-state index contributed by atoms with van der Waals surface area (Å²) in [5.74, 6) is 1.59. The highest BCUT2D eigenvalue weighted by Gasteiger charge is 2.42. The lowest BCUT2D eigenvalue weighted by atomic mass is 10.0. The minimum absolute atomic E-state index is 0.316. The van der Waals surface area contributed by atoms with Crippen molar-refractivity contribution in [3.63, 3.8) is 0 Å². The molecule has 2 fully saturated rings. The Morgan fingerprint density at radius 3 is 2.95 bits per heavy atom. The van der Waals surface area contributed by atoms with E-state index in [1.165, 1.54) is 12.8 Å². The van der Waals surface area contributed by atoms with E-state index in [-0.39, 0.29) is 0 Å². The van der Waals surface area contributed by atoms with E-state index in [2.05, 4.69) is 19.7 Å². The quantitative estimate of drug-likeness (QED) is 0.854. The van der Waals surface area contributed by atoms with Crippen LogP contribution in [0.5, 0.6) is 0 Å². The maximum Gasteiger partial charge on any atom is 0.119 e. The van der Waals surface area contributed by atoms with Crippen molar-refractivity contribution in [3.8, 4) is 0 Å². The van der Waals surface area contributed by atoms with Gasteiger partial charge in [0.2, 0.25) is 0 Å². The number of aromatic nitrogens is 3. The van der Waals surface area contributed by atoms with E-state index < -0.39 is 0 Å². The molecule has 3 heterocycles. The molecule has 2 aliphatic rings. The van der Waals surface area contributed by atoms with Crippen LogP contribution in [0.15, 0.2) is 35.5 Å². The zero-order chi connectivity index (χ0) is 14.1. The highest BCUT2D eigenvalue weighted by atomic mass is 16.5. The second kappa shape index (κ2) is 5.61. The molecule has 4 rings (SSSR count). The number of rotatable bonds is 4. The van der Waals surface area contributed by atoms with Crippen LogP contribution < -0.4 is 0 Å². The third-order valence-corrected chi connectivity index (χ3v) is 4.69. The summed E-state index contributed by atoms with van der Waals surface area (Å²) in [7, 11) is 0. The normalized spacial score (nSPS) is 29.6. The molecule has 6 heteroatoms. The Kier molecular flexibility index (Phi) is 3.48. The smallest absolute Gasteiger partial charge is 0.119 e. The number of hydrogen-bond acceptors (Lipinski definition) is 5. The summed E-state index contributed by atoms with van der Waals surface area (Å²) in [6.07, 6.45) is 8.03. The Bertz CT molecular complexity index is 554. The first-order chi connectivity index (χ1) is 10.4. The van der Waals surface area contributed by atoms with Crippen molar-refractivity contribution in [2.75, 3.05) is 13.2 Å². The topological polar surface area (TPSA) is 56.3 Å². The summed E-state index contributed by atoms with van der Waals surface area (Å²) in [4.78, 5) is 2.51. The first-order valence-corrected chi connectivity index (χ1v) is 7.60. The molecule has 0 unspecified atom stereocenters. The van der Waals surface area contributed by atoms with Gasteiger partial charge < -0.3 is 13.7 Å². The first kappa shape index (κ1) is 13.0. The van der Waals surface area contributed by atoms with Gasteiger partial charge in [-0.15, -0.1) is 10.2 Å². The van der Waals surface area contributed by atoms with Gasteiger partial charge in [0.15, 0.2) is 0 Å². The summed E-state index contributed by atoms with van der Waals surface area (Å²) in [6.45, 7) is 3.63. The van der Waals surface area contributed by atoms with Gasteiger partial charge in [-0.3, -0.25) is 4.90 Å². The highest BCUT2D eigenvalue weighted by Crippen LogP contribution is 2.36. The van der Waals surface area contributed by atoms with Crippen molar-refractivity contribution in [3.05, 3.63) is 36.8 Å². The van der Waals surface area contributed by atoms with Crippen molar-refractivity contribution >= 4 is 0 Å². The van der Waals surface area contributed by atoms with Gasteiger partial charge in [-0.25, -0.2) is 0 Å². The molecule has 1 saturated carbocycles. The van der Waals surface area contributed by atoms with Gasteiger partial charge in [0.1, 0.15) is 18.4 Å². The summed E-state index contributed by atoms with van der Waals surface area (Å²) in [5.41, 5.74) is 0. The second-order valence-electron chi connectivity index (χ2n) is 5.95. The number of fused-ring (bicyclic) bond motifs is 1. The molecule has 3 atom stereocenters. The summed E-state index contributed by atoms with van der Waals surface area (Å²) in [5, 5.41) is 7.76. The van der Waals surface area contributed by atoms with Crippen molar-refractivity contribution in [2.24, 2.45) is 5.92 Å². The maximum absolute atomic E-state index is 6.09. The largest absolute Gasteiger partial charge is 0.468 e. The zero-order valence-electron chi connectivity index (χ0n) is 12.0. The summed E-state index contributed by atoms with van der Waals surface area (Å²) in [6, 6.07) is 4.51. The molecule has 1 aliphatic carbocycles. The Morgan fingerprint density at radius 1 is 1.24 bits per heavy atom. The summed E-state index contributed by atoms with van der Waals surface area (Å²) >= 11 is 0. The lowest BCUT2D eigenvalue weighted by Crippen LogP contribution is -2.50. The molecule has 0 N–H and O–H groups in total. The fourth-order valence-corrected chi connectivity index (χ4v) is 3.72. The van der Waals surface area contributed by atoms with Crippen LogP contribution in [0.2, 0.25) is 0 Å². The van der Waals surface area contributed by atoms with Gasteiger partial charge in [-0.05, 0) is 25.0 Å². The molecule has 6 nitrogen and oxygen atoms in total. The maximum atomic E-state index is 6.09. The Balaban J connectivity index is 1.44. The van der Waals surface area contributed by atoms with Crippen LogP contribution in [0.3, 0.4) is 0 Å². The van der Waals surface area contributed by atoms with Crippen LogP contribution in [-0.2, 0) is 17.8 Å². The van der Waals surface area contributed by atoms with Crippen LogP contribution in [-0.4, -0.2) is 45.0 Å². The average Bonchev–Trinajstić information content (AvgIpc) is 3.22. The molecular formula is C15H20N4O2. The Labute approximate surface area is 123 Å². The fourth-order valence-electron chi connectivity index (χ4n) is 3.72. The van der Waals surface area contributed by atoms with Gasteiger partial charge in [0.25, 0.3) is 0 Å². The minimum Gasteiger partial charge on any atom is -0.468 e. The number of furan rings is 1. The molecule has 1 saturated heterocycles. The van der Waals surface area contributed by atoms with Gasteiger partial charge in [0, 0.05) is 25.0 Å². The lowest BCUT2D eigenvalue weighted by molar-refractivity contribution is -0.0801. The van der Waals surface area contributed by atoms with Crippen molar-refractivity contribution in [1.82, 2.24) is 19.7 Å². The van der Waals surface area contributed by atoms with E-state index in [9.17, 15) is 0 Å². The van der Waals surface area contributed by atoms with E-state index >= 15 is 0 Å². The summed E-state index contributed by atoms with van der Waals surface area (Å²) < 4.78 is 13.6. The highest BCUT2D eigenvalue weighted by molar-refractivity contribution is 5.01. The molecule has 0 radical (unpaired) electrons. The zero-order valence-corrected chi connectivity index (χ0v) is 12.0. The molecule has 2 aromatic rings. The molecule has 0 aromatic carbocycles. The number of morpholine rings is 1. The molecule has 0 spiro atoms. The predicted octanol–water partition coefficient (Wildman–Crippen LogP) is 1.55. The van der Waals surface area contributed by atoms with Crippen LogP contribution in [0.25, 0.3) is 0 Å². The average molecular weight is 288 g/mol. The van der Waals surface area contributed by atoms with E-state index in [1.54, 1.807) is 18.9 Å². The minimum atomic E-state index is 0.316. The monoisotopic (exact) mass is 288 g/mol. The number of nitrogens with zero attached hydrogens (tertiary/aromatic N) is 4. The molecule has 2 aromatic heterocycles. The second-order valence-corrected chi connectivity index (χ2v) is 5.95. The van der Waals surface area contributed by atoms with Crippen molar-refractivity contribution < 1.29 is 9.15 Å². The Hall–Kier alpha value is -1.66. The van der Waals surface area contributed by atoms with Crippen LogP contribution >= 0.6 is 0 Å². The molecular weight excluding hydrogens is 268 g/mol. The third kappa shape index (κ3) is 2.61. The van der Waals surface area contributed by atoms with Gasteiger partial charge >= 0.3 is 0 Å². The molecule has 0 bridgehead atoms. The predicted molar refractivity (Wildman–Crippen MR) is 75.4 cm³/mol. The Morgan fingerprint density at radius 2 is 2.14 bits per heavy atom. The van der Waals surface area contributed by atoms with Crippen molar-refractivity contribution in [2.45, 2.75) is 38.1 Å². The third-order valence-electron chi connectivity index (χ3n) is 4.69. The number of hydrogen-bond donors (Lipinski definition) is 0. The molecule has 1 aliphatic heterocycles. The van der Waals surface area contributed by atoms with Gasteiger partial charge in [-0.2, -0.15) is 0 Å². The standard InChI is InChI=1S/C15H20N4O2/c1-2-13(20-6-1)9-19-5-7-21-15-12(3-4-14(15)19)8-18-10-16-17-11-18/h1-2,6,10-12,14-15H,3-5,7-9H2/t12-,14-,15-/m1/s1. The first-order valence-electron chi connectivity index (χ1n) is 7.60. The van der Waals surface area contributed by atoms with Gasteiger partial charge in [-0.1, -0.05) is 0 Å². The molecule has 112 valence electrons. The molecule has 0 amide bonds. The SMILES string of the molecule is c1coc(CN2CCO[C@@H]3[C@@H](Cn4cnnc4)CC[C@H]32)c1. The molecule has 21 heavy (non-hydrogen) atoms. The lowest BCUT2D eigenvalue weighted by Gasteiger charge is -2.38. The van der Waals surface area contributed by atoms with Crippen LogP contribution in [0, 0.1) is 5.92 Å². The van der Waals surface area contributed by atoms with Gasteiger partial charge in [0.05, 0.1) is 25.5 Å². The fraction of sp³-hybridized carbons (Fsp3) is 0.600. The van der Waals surface area contributed by atoms with Crippen LogP contribution in [0.1, 0.15) is 18.6 Å². The van der Waals surface area contributed by atoms with Crippen molar-refractivity contribution in [1.29, 1.82) is 0 Å². The van der Waals surface area contributed by atoms with E-state index in [0.717, 1.165) is 32.0 Å². The van der Waals surface area contributed by atoms with Crippen LogP contribution in [0.4, 0.5) is 0 Å². The number of ether oxygens (including phenoxy) is 1. The van der Waals surface area contributed by atoms with E-state index in [1.807, 2.05) is 12.1 Å². The van der Waals surface area contributed by atoms with E-state index in [4.69, 9.17) is 9.15 Å². The van der Waals surface area contributed by atoms with E-state index in [0.29, 0.717) is 18.1 Å².